The molecule has 17 heavy (non-hydrogen) atoms. The molecule has 2 unspecified atom stereocenters. The molecule has 1 N–H and O–H groups in total. The summed E-state index contributed by atoms with van der Waals surface area (Å²) in [6, 6.07) is 7.66. The number of hydrogen-bond acceptors (Lipinski definition) is 3. The first-order valence-corrected chi connectivity index (χ1v) is 5.82. The predicted molar refractivity (Wildman–Crippen MR) is 66.4 cm³/mol. The van der Waals surface area contributed by atoms with Crippen LogP contribution in [0.15, 0.2) is 24.3 Å². The lowest BCUT2D eigenvalue weighted by Crippen LogP contribution is -2.41. The van der Waals surface area contributed by atoms with Gasteiger partial charge in [-0.2, -0.15) is 0 Å². The summed E-state index contributed by atoms with van der Waals surface area (Å²) in [5, 5.41) is 9.00. The Labute approximate surface area is 103 Å². The van der Waals surface area contributed by atoms with Gasteiger partial charge >= 0.3 is 0 Å². The Balaban J connectivity index is 2.36. The standard InChI is InChI=1S/C13H17BO3/c1-13(9-3-4-9,12(16-2)17-15)10-5-7-11(14)8-6-10/h5-9,12,15H,3-4H2,1-2H3. The summed E-state index contributed by atoms with van der Waals surface area (Å²) < 4.78 is 5.25. The van der Waals surface area contributed by atoms with Crippen LogP contribution in [0.1, 0.15) is 25.3 Å². The van der Waals surface area contributed by atoms with Gasteiger partial charge in [0.1, 0.15) is 7.85 Å². The Morgan fingerprint density at radius 1 is 1.35 bits per heavy atom. The van der Waals surface area contributed by atoms with E-state index in [-0.39, 0.29) is 5.41 Å². The van der Waals surface area contributed by atoms with E-state index in [0.29, 0.717) is 5.92 Å². The Kier molecular flexibility index (Phi) is 3.57. The van der Waals surface area contributed by atoms with Crippen molar-refractivity contribution in [2.45, 2.75) is 31.5 Å². The minimum atomic E-state index is -0.654. The quantitative estimate of drug-likeness (QED) is 0.363. The molecule has 2 radical (unpaired) electrons. The Hall–Kier alpha value is -0.835. The second-order valence-corrected chi connectivity index (χ2v) is 4.85. The van der Waals surface area contributed by atoms with Crippen molar-refractivity contribution in [3.05, 3.63) is 29.8 Å². The lowest BCUT2D eigenvalue weighted by atomic mass is 9.76. The maximum Gasteiger partial charge on any atom is 0.200 e. The van der Waals surface area contributed by atoms with Crippen LogP contribution in [-0.2, 0) is 15.0 Å². The number of benzene rings is 1. The topological polar surface area (TPSA) is 38.7 Å². The first-order valence-electron chi connectivity index (χ1n) is 5.82. The third kappa shape index (κ3) is 2.25. The van der Waals surface area contributed by atoms with Crippen molar-refractivity contribution in [1.82, 2.24) is 0 Å². The van der Waals surface area contributed by atoms with Crippen molar-refractivity contribution in [3.8, 4) is 0 Å². The zero-order valence-corrected chi connectivity index (χ0v) is 10.2. The van der Waals surface area contributed by atoms with Crippen LogP contribution in [0.3, 0.4) is 0 Å². The van der Waals surface area contributed by atoms with E-state index in [1.165, 1.54) is 0 Å². The van der Waals surface area contributed by atoms with Crippen molar-refractivity contribution in [2.24, 2.45) is 5.92 Å². The summed E-state index contributed by atoms with van der Waals surface area (Å²) in [4.78, 5) is 4.50. The molecule has 1 aliphatic rings. The molecular weight excluding hydrogens is 215 g/mol. The van der Waals surface area contributed by atoms with E-state index < -0.39 is 6.29 Å². The number of rotatable bonds is 5. The van der Waals surface area contributed by atoms with Crippen LogP contribution >= 0.6 is 0 Å². The van der Waals surface area contributed by atoms with Gasteiger partial charge in [-0.25, -0.2) is 10.1 Å². The van der Waals surface area contributed by atoms with Crippen molar-refractivity contribution in [3.63, 3.8) is 0 Å². The zero-order valence-electron chi connectivity index (χ0n) is 10.2. The smallest absolute Gasteiger partial charge is 0.200 e. The van der Waals surface area contributed by atoms with Gasteiger partial charge < -0.3 is 4.74 Å². The molecule has 1 aromatic carbocycles. The molecule has 1 aliphatic carbocycles. The minimum Gasteiger partial charge on any atom is -0.352 e. The predicted octanol–water partition coefficient (Wildman–Crippen LogP) is 1.61. The molecule has 4 heteroatoms. The zero-order chi connectivity index (χ0) is 12.5. The summed E-state index contributed by atoms with van der Waals surface area (Å²) in [6.45, 7) is 2.06. The van der Waals surface area contributed by atoms with E-state index in [4.69, 9.17) is 17.8 Å². The lowest BCUT2D eigenvalue weighted by Gasteiger charge is -2.35. The Morgan fingerprint density at radius 2 is 1.94 bits per heavy atom. The van der Waals surface area contributed by atoms with Crippen molar-refractivity contribution < 1.29 is 14.9 Å². The highest BCUT2D eigenvalue weighted by Gasteiger charge is 2.49. The average molecular weight is 232 g/mol. The fourth-order valence-corrected chi connectivity index (χ4v) is 2.49. The van der Waals surface area contributed by atoms with Gasteiger partial charge in [0.05, 0.1) is 0 Å². The van der Waals surface area contributed by atoms with E-state index in [9.17, 15) is 0 Å². The second kappa shape index (κ2) is 4.80. The largest absolute Gasteiger partial charge is 0.352 e. The molecule has 1 fully saturated rings. The van der Waals surface area contributed by atoms with Crippen LogP contribution in [0.2, 0.25) is 0 Å². The molecule has 0 spiro atoms. The van der Waals surface area contributed by atoms with E-state index in [1.807, 2.05) is 24.3 Å². The van der Waals surface area contributed by atoms with Gasteiger partial charge in [-0.15, -0.1) is 0 Å². The Bertz CT molecular complexity index is 371. The summed E-state index contributed by atoms with van der Waals surface area (Å²) >= 11 is 0. The molecule has 1 aromatic rings. The first-order chi connectivity index (χ1) is 8.12. The molecule has 0 amide bonds. The molecule has 3 nitrogen and oxygen atoms in total. The summed E-state index contributed by atoms with van der Waals surface area (Å²) in [6.07, 6.45) is 1.60. The van der Waals surface area contributed by atoms with Crippen molar-refractivity contribution >= 4 is 13.3 Å². The highest BCUT2D eigenvalue weighted by atomic mass is 17.1. The van der Waals surface area contributed by atoms with Gasteiger partial charge in [0.15, 0.2) is 6.29 Å². The van der Waals surface area contributed by atoms with E-state index >= 15 is 0 Å². The lowest BCUT2D eigenvalue weighted by molar-refractivity contribution is -0.360. The van der Waals surface area contributed by atoms with Crippen LogP contribution in [0.5, 0.6) is 0 Å². The van der Waals surface area contributed by atoms with E-state index in [1.54, 1.807) is 7.11 Å². The third-order valence-corrected chi connectivity index (χ3v) is 3.76. The Morgan fingerprint density at radius 3 is 2.35 bits per heavy atom. The third-order valence-electron chi connectivity index (χ3n) is 3.76. The molecular formula is C13H17BO3. The monoisotopic (exact) mass is 232 g/mol. The SMILES string of the molecule is [B]c1ccc(C(C)(C2CC2)C(OC)OO)cc1. The van der Waals surface area contributed by atoms with Crippen LogP contribution in [-0.4, -0.2) is 26.5 Å². The maximum absolute atomic E-state index is 9.00. The van der Waals surface area contributed by atoms with Crippen LogP contribution in [0.25, 0.3) is 0 Å². The summed E-state index contributed by atoms with van der Waals surface area (Å²) in [5.41, 5.74) is 1.47. The van der Waals surface area contributed by atoms with Gasteiger partial charge in [0, 0.05) is 12.5 Å². The highest BCUT2D eigenvalue weighted by molar-refractivity contribution is 6.32. The number of hydrogen-bond donors (Lipinski definition) is 1. The van der Waals surface area contributed by atoms with E-state index in [2.05, 4.69) is 11.8 Å². The molecule has 0 aliphatic heterocycles. The molecule has 0 saturated heterocycles. The van der Waals surface area contributed by atoms with Gasteiger partial charge in [0.25, 0.3) is 0 Å². The fourth-order valence-electron chi connectivity index (χ4n) is 2.49. The first kappa shape index (κ1) is 12.6. The molecule has 2 rings (SSSR count). The van der Waals surface area contributed by atoms with Gasteiger partial charge in [0.2, 0.25) is 0 Å². The fraction of sp³-hybridized carbons (Fsp3) is 0.538. The van der Waals surface area contributed by atoms with Gasteiger partial charge in [-0.3, -0.25) is 0 Å². The summed E-state index contributed by atoms with van der Waals surface area (Å²) in [7, 11) is 7.23. The van der Waals surface area contributed by atoms with Crippen molar-refractivity contribution in [2.75, 3.05) is 7.11 Å². The van der Waals surface area contributed by atoms with Crippen LogP contribution in [0.4, 0.5) is 0 Å². The average Bonchev–Trinajstić information content (AvgIpc) is 3.15. The van der Waals surface area contributed by atoms with E-state index in [0.717, 1.165) is 23.9 Å². The molecule has 90 valence electrons. The normalized spacial score (nSPS) is 20.9. The highest BCUT2D eigenvalue weighted by Crippen LogP contribution is 2.50. The number of methoxy groups -OCH3 is 1. The van der Waals surface area contributed by atoms with Gasteiger partial charge in [-0.1, -0.05) is 36.7 Å². The number of ether oxygens (including phenoxy) is 1. The van der Waals surface area contributed by atoms with Crippen molar-refractivity contribution in [1.29, 1.82) is 0 Å². The maximum atomic E-state index is 9.00. The minimum absolute atomic E-state index is 0.336. The molecule has 0 bridgehead atoms. The van der Waals surface area contributed by atoms with Crippen LogP contribution in [0, 0.1) is 5.92 Å². The summed E-state index contributed by atoms with van der Waals surface area (Å²) in [5.74, 6) is 0.475. The van der Waals surface area contributed by atoms with Crippen LogP contribution < -0.4 is 5.46 Å². The second-order valence-electron chi connectivity index (χ2n) is 4.85. The molecule has 0 aromatic heterocycles. The molecule has 1 saturated carbocycles. The molecule has 2 atom stereocenters. The van der Waals surface area contributed by atoms with Gasteiger partial charge in [-0.05, 0) is 24.3 Å². The molecule has 0 heterocycles.